The van der Waals surface area contributed by atoms with E-state index in [1.54, 1.807) is 13.2 Å². The van der Waals surface area contributed by atoms with E-state index in [-0.39, 0.29) is 11.9 Å². The molecule has 1 aromatic rings. The molecular formula is C14H22N2O3. The van der Waals surface area contributed by atoms with Crippen LogP contribution in [0.5, 0.6) is 11.5 Å². The lowest BCUT2D eigenvalue weighted by molar-refractivity contribution is -0.121. The molecule has 0 bridgehead atoms. The van der Waals surface area contributed by atoms with Crippen molar-refractivity contribution >= 4 is 5.91 Å². The summed E-state index contributed by atoms with van der Waals surface area (Å²) in [5.74, 6) is 1.35. The number of carbonyl (C=O) groups is 1. The molecule has 0 aliphatic rings. The van der Waals surface area contributed by atoms with Crippen molar-refractivity contribution in [1.29, 1.82) is 0 Å². The van der Waals surface area contributed by atoms with Gasteiger partial charge in [0.25, 0.3) is 0 Å². The summed E-state index contributed by atoms with van der Waals surface area (Å²) in [5, 5.41) is 2.72. The Labute approximate surface area is 114 Å². The maximum Gasteiger partial charge on any atom is 0.223 e. The van der Waals surface area contributed by atoms with Crippen LogP contribution in [0.25, 0.3) is 0 Å². The fraction of sp³-hybridized carbons (Fsp3) is 0.500. The van der Waals surface area contributed by atoms with Crippen molar-refractivity contribution in [2.45, 2.75) is 26.3 Å². The Bertz CT molecular complexity index is 419. The second-order valence-electron chi connectivity index (χ2n) is 4.24. The lowest BCUT2D eigenvalue weighted by Gasteiger charge is -2.15. The number of carbonyl (C=O) groups excluding carboxylic acids is 1. The average molecular weight is 266 g/mol. The second-order valence-corrected chi connectivity index (χ2v) is 4.24. The summed E-state index contributed by atoms with van der Waals surface area (Å²) in [7, 11) is 1.60. The molecule has 1 unspecified atom stereocenters. The van der Waals surface area contributed by atoms with Gasteiger partial charge in [0.1, 0.15) is 11.5 Å². The molecule has 19 heavy (non-hydrogen) atoms. The van der Waals surface area contributed by atoms with E-state index in [1.165, 1.54) is 0 Å². The number of methoxy groups -OCH3 is 1. The zero-order valence-electron chi connectivity index (χ0n) is 11.7. The first-order valence-corrected chi connectivity index (χ1v) is 6.41. The molecule has 3 N–H and O–H groups in total. The second kappa shape index (κ2) is 7.63. The van der Waals surface area contributed by atoms with Crippen molar-refractivity contribution in [2.75, 3.05) is 20.3 Å². The number of rotatable bonds is 7. The molecule has 0 fully saturated rings. The van der Waals surface area contributed by atoms with Crippen molar-refractivity contribution < 1.29 is 14.3 Å². The zero-order chi connectivity index (χ0) is 14.3. The van der Waals surface area contributed by atoms with E-state index in [0.717, 1.165) is 5.56 Å². The number of hydrogen-bond acceptors (Lipinski definition) is 4. The molecule has 106 valence electrons. The summed E-state index contributed by atoms with van der Waals surface area (Å²) in [5.41, 5.74) is 6.78. The van der Waals surface area contributed by atoms with E-state index < -0.39 is 0 Å². The number of hydrogen-bond donors (Lipinski definition) is 2. The van der Waals surface area contributed by atoms with E-state index in [9.17, 15) is 4.79 Å². The van der Waals surface area contributed by atoms with Gasteiger partial charge in [0, 0.05) is 24.2 Å². The van der Waals surface area contributed by atoms with Crippen LogP contribution in [0.15, 0.2) is 18.2 Å². The lowest BCUT2D eigenvalue weighted by atomic mass is 10.1. The summed E-state index contributed by atoms with van der Waals surface area (Å²) in [4.78, 5) is 11.3. The number of nitrogens with two attached hydrogens (primary N) is 1. The fourth-order valence-electron chi connectivity index (χ4n) is 1.68. The molecule has 1 aromatic carbocycles. The van der Waals surface area contributed by atoms with E-state index in [2.05, 4.69) is 5.32 Å². The summed E-state index contributed by atoms with van der Waals surface area (Å²) in [6, 6.07) is 5.38. The van der Waals surface area contributed by atoms with Gasteiger partial charge in [-0.05, 0) is 19.9 Å². The third-order valence-corrected chi connectivity index (χ3v) is 2.67. The highest BCUT2D eigenvalue weighted by Crippen LogP contribution is 2.28. The molecule has 0 aliphatic heterocycles. The van der Waals surface area contributed by atoms with Gasteiger partial charge in [0.15, 0.2) is 0 Å². The van der Waals surface area contributed by atoms with E-state index >= 15 is 0 Å². The molecule has 0 saturated carbocycles. The van der Waals surface area contributed by atoms with Crippen molar-refractivity contribution in [1.82, 2.24) is 5.32 Å². The van der Waals surface area contributed by atoms with Gasteiger partial charge in [0.05, 0.1) is 20.1 Å². The zero-order valence-corrected chi connectivity index (χ0v) is 11.7. The topological polar surface area (TPSA) is 73.6 Å². The van der Waals surface area contributed by atoms with Gasteiger partial charge in [-0.1, -0.05) is 6.07 Å². The first kappa shape index (κ1) is 15.3. The van der Waals surface area contributed by atoms with Gasteiger partial charge < -0.3 is 20.5 Å². The molecule has 1 atom stereocenters. The number of benzene rings is 1. The molecule has 1 rings (SSSR count). The monoisotopic (exact) mass is 266 g/mol. The van der Waals surface area contributed by atoms with Gasteiger partial charge in [-0.15, -0.1) is 0 Å². The standard InChI is InChI=1S/C14H22N2O3/c1-4-16-14(17)7-8-19-13-9-11(18-3)5-6-12(13)10(2)15/h5-6,9-10H,4,7-8,15H2,1-3H3,(H,16,17). The largest absolute Gasteiger partial charge is 0.497 e. The average Bonchev–Trinajstić information content (AvgIpc) is 2.38. The summed E-state index contributed by atoms with van der Waals surface area (Å²) >= 11 is 0. The summed E-state index contributed by atoms with van der Waals surface area (Å²) in [6.45, 7) is 4.72. The van der Waals surface area contributed by atoms with Crippen LogP contribution < -0.4 is 20.5 Å². The molecule has 0 aromatic heterocycles. The SMILES string of the molecule is CCNC(=O)CCOc1cc(OC)ccc1C(C)N. The molecule has 5 heteroatoms. The van der Waals surface area contributed by atoms with Gasteiger partial charge in [0.2, 0.25) is 5.91 Å². The minimum atomic E-state index is -0.134. The Morgan fingerprint density at radius 3 is 2.79 bits per heavy atom. The first-order chi connectivity index (χ1) is 9.08. The van der Waals surface area contributed by atoms with Crippen LogP contribution in [0.1, 0.15) is 31.9 Å². The normalized spacial score (nSPS) is 11.8. The molecule has 0 saturated heterocycles. The molecule has 0 aliphatic carbocycles. The van der Waals surface area contributed by atoms with Gasteiger partial charge in [-0.2, -0.15) is 0 Å². The predicted molar refractivity (Wildman–Crippen MR) is 74.4 cm³/mol. The maximum atomic E-state index is 11.3. The van der Waals surface area contributed by atoms with E-state index in [0.29, 0.717) is 31.1 Å². The van der Waals surface area contributed by atoms with Crippen LogP contribution in [0.2, 0.25) is 0 Å². The maximum absolute atomic E-state index is 11.3. The summed E-state index contributed by atoms with van der Waals surface area (Å²) in [6.07, 6.45) is 0.323. The highest BCUT2D eigenvalue weighted by Gasteiger charge is 2.10. The van der Waals surface area contributed by atoms with Crippen molar-refractivity contribution in [3.8, 4) is 11.5 Å². The molecule has 0 heterocycles. The van der Waals surface area contributed by atoms with Gasteiger partial charge >= 0.3 is 0 Å². The van der Waals surface area contributed by atoms with Crippen molar-refractivity contribution in [3.63, 3.8) is 0 Å². The number of amides is 1. The lowest BCUT2D eigenvalue weighted by Crippen LogP contribution is -2.24. The summed E-state index contributed by atoms with van der Waals surface area (Å²) < 4.78 is 10.8. The third kappa shape index (κ3) is 4.79. The Kier molecular flexibility index (Phi) is 6.15. The van der Waals surface area contributed by atoms with Crippen LogP contribution in [-0.2, 0) is 4.79 Å². The number of ether oxygens (including phenoxy) is 2. The Hall–Kier alpha value is -1.75. The quantitative estimate of drug-likeness (QED) is 0.786. The highest BCUT2D eigenvalue weighted by atomic mass is 16.5. The molecule has 5 nitrogen and oxygen atoms in total. The molecular weight excluding hydrogens is 244 g/mol. The van der Waals surface area contributed by atoms with E-state index in [4.69, 9.17) is 15.2 Å². The number of nitrogens with one attached hydrogen (secondary N) is 1. The van der Waals surface area contributed by atoms with Crippen molar-refractivity contribution in [3.05, 3.63) is 23.8 Å². The van der Waals surface area contributed by atoms with Crippen molar-refractivity contribution in [2.24, 2.45) is 5.73 Å². The van der Waals surface area contributed by atoms with Crippen LogP contribution in [0, 0.1) is 0 Å². The Balaban J connectivity index is 2.67. The van der Waals surface area contributed by atoms with Crippen LogP contribution in [0.3, 0.4) is 0 Å². The predicted octanol–water partition coefficient (Wildman–Crippen LogP) is 1.62. The highest BCUT2D eigenvalue weighted by molar-refractivity contribution is 5.75. The van der Waals surface area contributed by atoms with Crippen LogP contribution >= 0.6 is 0 Å². The smallest absolute Gasteiger partial charge is 0.223 e. The van der Waals surface area contributed by atoms with Gasteiger partial charge in [-0.3, -0.25) is 4.79 Å². The molecule has 0 spiro atoms. The van der Waals surface area contributed by atoms with E-state index in [1.807, 2.05) is 26.0 Å². The Morgan fingerprint density at radius 2 is 2.21 bits per heavy atom. The fourth-order valence-corrected chi connectivity index (χ4v) is 1.68. The van der Waals surface area contributed by atoms with Gasteiger partial charge in [-0.25, -0.2) is 0 Å². The van der Waals surface area contributed by atoms with Crippen LogP contribution in [-0.4, -0.2) is 26.2 Å². The molecule has 0 radical (unpaired) electrons. The minimum absolute atomic E-state index is 0.0206. The third-order valence-electron chi connectivity index (χ3n) is 2.67. The molecule has 1 amide bonds. The van der Waals surface area contributed by atoms with Crippen LogP contribution in [0.4, 0.5) is 0 Å². The first-order valence-electron chi connectivity index (χ1n) is 6.41. The Morgan fingerprint density at radius 1 is 1.47 bits per heavy atom. The minimum Gasteiger partial charge on any atom is -0.497 e.